The lowest BCUT2D eigenvalue weighted by molar-refractivity contribution is 0.269. The third-order valence-electron chi connectivity index (χ3n) is 2.83. The van der Waals surface area contributed by atoms with Crippen LogP contribution >= 0.6 is 0 Å². The molecule has 2 aromatic rings. The Balaban J connectivity index is 2.33. The number of fused-ring (bicyclic) bond motifs is 1. The minimum absolute atomic E-state index is 0.0757. The van der Waals surface area contributed by atoms with Crippen LogP contribution < -0.4 is 4.74 Å². The molecule has 0 aliphatic heterocycles. The van der Waals surface area contributed by atoms with Gasteiger partial charge in [-0.05, 0) is 25.0 Å². The summed E-state index contributed by atoms with van der Waals surface area (Å²) in [6.45, 7) is 6.95. The molecule has 18 heavy (non-hydrogen) atoms. The van der Waals surface area contributed by atoms with E-state index in [-0.39, 0.29) is 6.61 Å². The molecule has 0 fully saturated rings. The highest BCUT2D eigenvalue weighted by atomic mass is 16.5. The lowest BCUT2D eigenvalue weighted by Gasteiger charge is -2.10. The molecule has 1 aromatic heterocycles. The van der Waals surface area contributed by atoms with Crippen molar-refractivity contribution in [3.63, 3.8) is 0 Å². The molecule has 0 atom stereocenters. The van der Waals surface area contributed by atoms with E-state index in [2.05, 4.69) is 19.0 Å². The van der Waals surface area contributed by atoms with E-state index < -0.39 is 0 Å². The zero-order valence-corrected chi connectivity index (χ0v) is 11.1. The van der Waals surface area contributed by atoms with Gasteiger partial charge in [0.25, 0.3) is 0 Å². The molecule has 0 amide bonds. The maximum atomic E-state index is 8.96. The van der Waals surface area contributed by atoms with Crippen LogP contribution in [0.3, 0.4) is 0 Å². The van der Waals surface area contributed by atoms with Gasteiger partial charge in [0.05, 0.1) is 12.3 Å². The van der Waals surface area contributed by atoms with Crippen LogP contribution in [0.1, 0.15) is 25.1 Å². The first-order valence-corrected chi connectivity index (χ1v) is 6.25. The highest BCUT2D eigenvalue weighted by Crippen LogP contribution is 2.29. The summed E-state index contributed by atoms with van der Waals surface area (Å²) in [6, 6.07) is 3.89. The fourth-order valence-electron chi connectivity index (χ4n) is 1.87. The third kappa shape index (κ3) is 2.48. The molecule has 0 unspecified atom stereocenters. The van der Waals surface area contributed by atoms with Crippen molar-refractivity contribution < 1.29 is 14.4 Å². The summed E-state index contributed by atoms with van der Waals surface area (Å²) in [5.74, 6) is 1.32. The van der Waals surface area contributed by atoms with Crippen LogP contribution in [-0.4, -0.2) is 23.5 Å². The average Bonchev–Trinajstić information content (AvgIpc) is 2.73. The van der Waals surface area contributed by atoms with Gasteiger partial charge in [0.2, 0.25) is 0 Å². The number of hydrogen-bond donors (Lipinski definition) is 1. The van der Waals surface area contributed by atoms with Crippen LogP contribution in [0.15, 0.2) is 16.7 Å². The van der Waals surface area contributed by atoms with Gasteiger partial charge in [-0.25, -0.2) is 0 Å². The van der Waals surface area contributed by atoms with Crippen molar-refractivity contribution in [2.45, 2.75) is 27.2 Å². The van der Waals surface area contributed by atoms with Crippen molar-refractivity contribution in [1.29, 1.82) is 0 Å². The molecular weight excluding hydrogens is 230 g/mol. The van der Waals surface area contributed by atoms with Gasteiger partial charge in [-0.15, -0.1) is 0 Å². The third-order valence-corrected chi connectivity index (χ3v) is 2.83. The van der Waals surface area contributed by atoms with Gasteiger partial charge in [0, 0.05) is 24.0 Å². The molecule has 98 valence electrons. The van der Waals surface area contributed by atoms with E-state index in [4.69, 9.17) is 14.4 Å². The van der Waals surface area contributed by atoms with Gasteiger partial charge < -0.3 is 14.4 Å². The molecule has 0 spiro atoms. The number of aryl methyl sites for hydroxylation is 1. The Morgan fingerprint density at radius 2 is 2.17 bits per heavy atom. The normalized spacial score (nSPS) is 11.4. The Morgan fingerprint density at radius 3 is 2.83 bits per heavy atom. The number of aromatic nitrogens is 1. The fraction of sp³-hybridized carbons (Fsp3) is 0.500. The maximum Gasteiger partial charge on any atom is 0.173 e. The number of benzene rings is 1. The van der Waals surface area contributed by atoms with Gasteiger partial charge >= 0.3 is 0 Å². The summed E-state index contributed by atoms with van der Waals surface area (Å²) in [4.78, 5) is 0. The van der Waals surface area contributed by atoms with Crippen LogP contribution in [0.4, 0.5) is 0 Å². The molecule has 1 N–H and O–H groups in total. The first-order valence-electron chi connectivity index (χ1n) is 6.25. The number of rotatable bonds is 5. The molecule has 4 heteroatoms. The van der Waals surface area contributed by atoms with Crippen LogP contribution in [0, 0.1) is 12.8 Å². The molecule has 0 aliphatic rings. The summed E-state index contributed by atoms with van der Waals surface area (Å²) in [6.07, 6.45) is 0.513. The quantitative estimate of drug-likeness (QED) is 0.885. The van der Waals surface area contributed by atoms with E-state index in [1.54, 1.807) is 0 Å². The summed E-state index contributed by atoms with van der Waals surface area (Å²) in [5.41, 5.74) is 2.51. The Labute approximate surface area is 107 Å². The molecule has 1 aromatic carbocycles. The van der Waals surface area contributed by atoms with Gasteiger partial charge in [-0.3, -0.25) is 0 Å². The van der Waals surface area contributed by atoms with Gasteiger partial charge in [0.1, 0.15) is 5.75 Å². The monoisotopic (exact) mass is 249 g/mol. The molecule has 0 saturated heterocycles. The van der Waals surface area contributed by atoms with Crippen molar-refractivity contribution in [2.24, 2.45) is 5.92 Å². The van der Waals surface area contributed by atoms with E-state index in [0.29, 0.717) is 18.9 Å². The highest BCUT2D eigenvalue weighted by molar-refractivity contribution is 5.84. The number of nitrogens with zero attached hydrogens (tertiary/aromatic N) is 1. The number of aliphatic hydroxyl groups is 1. The summed E-state index contributed by atoms with van der Waals surface area (Å²) < 4.78 is 11.1. The Hall–Kier alpha value is -1.55. The first kappa shape index (κ1) is 12.9. The van der Waals surface area contributed by atoms with Crippen molar-refractivity contribution in [1.82, 2.24) is 5.16 Å². The summed E-state index contributed by atoms with van der Waals surface area (Å²) in [5, 5.41) is 13.9. The SMILES string of the molecule is Cc1c(OCC(C)C)ccc2c(CCO)noc12. The van der Waals surface area contributed by atoms with Crippen molar-refractivity contribution in [3.05, 3.63) is 23.4 Å². The number of hydrogen-bond acceptors (Lipinski definition) is 4. The zero-order valence-electron chi connectivity index (χ0n) is 11.1. The molecule has 0 aliphatic carbocycles. The minimum atomic E-state index is 0.0757. The lowest BCUT2D eigenvalue weighted by Crippen LogP contribution is -2.05. The molecule has 1 heterocycles. The molecule has 0 radical (unpaired) electrons. The van der Waals surface area contributed by atoms with Crippen LogP contribution in [-0.2, 0) is 6.42 Å². The Bertz CT molecular complexity index is 531. The smallest absolute Gasteiger partial charge is 0.173 e. The average molecular weight is 249 g/mol. The van der Waals surface area contributed by atoms with Crippen molar-refractivity contribution in [2.75, 3.05) is 13.2 Å². The van der Waals surface area contributed by atoms with E-state index in [0.717, 1.165) is 28.0 Å². The molecular formula is C14H19NO3. The second-order valence-electron chi connectivity index (χ2n) is 4.87. The van der Waals surface area contributed by atoms with Crippen molar-refractivity contribution >= 4 is 11.0 Å². The minimum Gasteiger partial charge on any atom is -0.493 e. The predicted octanol–water partition coefficient (Wildman–Crippen LogP) is 2.71. The fourth-order valence-corrected chi connectivity index (χ4v) is 1.87. The van der Waals surface area contributed by atoms with E-state index in [9.17, 15) is 0 Å². The topological polar surface area (TPSA) is 55.5 Å². The van der Waals surface area contributed by atoms with Gasteiger partial charge in [-0.2, -0.15) is 0 Å². The molecule has 2 rings (SSSR count). The number of aliphatic hydroxyl groups excluding tert-OH is 1. The number of ether oxygens (including phenoxy) is 1. The summed E-state index contributed by atoms with van der Waals surface area (Å²) >= 11 is 0. The second-order valence-corrected chi connectivity index (χ2v) is 4.87. The lowest BCUT2D eigenvalue weighted by atomic mass is 10.1. The van der Waals surface area contributed by atoms with Crippen LogP contribution in [0.2, 0.25) is 0 Å². The standard InChI is InChI=1S/C14H19NO3/c1-9(2)8-17-13-5-4-11-12(6-7-16)15-18-14(11)10(13)3/h4-5,9,16H,6-8H2,1-3H3. The van der Waals surface area contributed by atoms with Gasteiger partial charge in [-0.1, -0.05) is 19.0 Å². The zero-order chi connectivity index (χ0) is 13.1. The van der Waals surface area contributed by atoms with Gasteiger partial charge in [0.15, 0.2) is 5.58 Å². The van der Waals surface area contributed by atoms with Crippen LogP contribution in [0.5, 0.6) is 5.75 Å². The summed E-state index contributed by atoms with van der Waals surface area (Å²) in [7, 11) is 0. The largest absolute Gasteiger partial charge is 0.493 e. The van der Waals surface area contributed by atoms with E-state index in [1.807, 2.05) is 19.1 Å². The first-order chi connectivity index (χ1) is 8.63. The Kier molecular flexibility index (Phi) is 3.87. The Morgan fingerprint density at radius 1 is 1.39 bits per heavy atom. The molecule has 0 saturated carbocycles. The van der Waals surface area contributed by atoms with Crippen LogP contribution in [0.25, 0.3) is 11.0 Å². The second kappa shape index (κ2) is 5.40. The molecule has 0 bridgehead atoms. The van der Waals surface area contributed by atoms with E-state index >= 15 is 0 Å². The van der Waals surface area contributed by atoms with Crippen molar-refractivity contribution in [3.8, 4) is 5.75 Å². The molecule has 4 nitrogen and oxygen atoms in total. The maximum absolute atomic E-state index is 8.96. The van der Waals surface area contributed by atoms with E-state index in [1.165, 1.54) is 0 Å². The predicted molar refractivity (Wildman–Crippen MR) is 69.9 cm³/mol. The highest BCUT2D eigenvalue weighted by Gasteiger charge is 2.13.